The van der Waals surface area contributed by atoms with Crippen molar-refractivity contribution in [1.82, 2.24) is 5.32 Å². The number of hydrogen-bond donors (Lipinski definition) is 1. The highest BCUT2D eigenvalue weighted by Gasteiger charge is 2.17. The van der Waals surface area contributed by atoms with E-state index in [9.17, 15) is 8.42 Å². The molecule has 0 fully saturated rings. The molecular formula is C17H29NO2S. The van der Waals surface area contributed by atoms with Gasteiger partial charge < -0.3 is 5.32 Å². The van der Waals surface area contributed by atoms with Crippen molar-refractivity contribution in [3.8, 4) is 0 Å². The van der Waals surface area contributed by atoms with Crippen LogP contribution in [0.3, 0.4) is 0 Å². The molecule has 0 amide bonds. The van der Waals surface area contributed by atoms with Crippen LogP contribution in [0.1, 0.15) is 52.0 Å². The molecule has 1 rings (SSSR count). The molecular weight excluding hydrogens is 282 g/mol. The lowest BCUT2D eigenvalue weighted by molar-refractivity contribution is 0.398. The van der Waals surface area contributed by atoms with E-state index in [0.717, 1.165) is 19.4 Å². The summed E-state index contributed by atoms with van der Waals surface area (Å²) in [5, 5.41) is 3.53. The molecule has 0 spiro atoms. The second-order valence-electron chi connectivity index (χ2n) is 6.62. The quantitative estimate of drug-likeness (QED) is 0.800. The monoisotopic (exact) mass is 311 g/mol. The van der Waals surface area contributed by atoms with Crippen LogP contribution in [-0.2, 0) is 9.84 Å². The number of hydrogen-bond acceptors (Lipinski definition) is 3. The Morgan fingerprint density at radius 3 is 2.29 bits per heavy atom. The Labute approximate surface area is 130 Å². The fourth-order valence-electron chi connectivity index (χ4n) is 2.24. The molecule has 0 aliphatic carbocycles. The average Bonchev–Trinajstić information content (AvgIpc) is 2.42. The number of sulfone groups is 1. The molecule has 0 heterocycles. The molecule has 1 unspecified atom stereocenters. The van der Waals surface area contributed by atoms with Crippen LogP contribution in [0.15, 0.2) is 30.3 Å². The summed E-state index contributed by atoms with van der Waals surface area (Å²) in [7, 11) is -2.86. The summed E-state index contributed by atoms with van der Waals surface area (Å²) in [5.41, 5.74) is 1.35. The van der Waals surface area contributed by atoms with Crippen molar-refractivity contribution in [2.75, 3.05) is 18.1 Å². The fraction of sp³-hybridized carbons (Fsp3) is 0.647. The van der Waals surface area contributed by atoms with Gasteiger partial charge in [0.15, 0.2) is 0 Å². The van der Waals surface area contributed by atoms with Gasteiger partial charge in [-0.2, -0.15) is 0 Å². The van der Waals surface area contributed by atoms with E-state index in [1.165, 1.54) is 5.56 Å². The lowest BCUT2D eigenvalue weighted by Gasteiger charge is -2.25. The van der Waals surface area contributed by atoms with E-state index in [1.54, 1.807) is 6.92 Å². The van der Waals surface area contributed by atoms with Crippen molar-refractivity contribution in [3.05, 3.63) is 35.9 Å². The summed E-state index contributed by atoms with van der Waals surface area (Å²) in [6, 6.07) is 10.4. The Kier molecular flexibility index (Phi) is 6.88. The van der Waals surface area contributed by atoms with Crippen LogP contribution < -0.4 is 5.32 Å². The number of nitrogens with one attached hydrogen (secondary N) is 1. The van der Waals surface area contributed by atoms with Gasteiger partial charge in [0, 0.05) is 17.8 Å². The van der Waals surface area contributed by atoms with Gasteiger partial charge in [-0.15, -0.1) is 0 Å². The molecule has 120 valence electrons. The van der Waals surface area contributed by atoms with Gasteiger partial charge in [0.1, 0.15) is 9.84 Å². The molecule has 21 heavy (non-hydrogen) atoms. The van der Waals surface area contributed by atoms with E-state index >= 15 is 0 Å². The third-order valence-corrected chi connectivity index (χ3v) is 5.39. The number of benzene rings is 1. The zero-order chi connectivity index (χ0) is 15.9. The van der Waals surface area contributed by atoms with Gasteiger partial charge >= 0.3 is 0 Å². The molecule has 1 N–H and O–H groups in total. The van der Waals surface area contributed by atoms with Crippen LogP contribution in [0.4, 0.5) is 0 Å². The summed E-state index contributed by atoms with van der Waals surface area (Å²) in [5.74, 6) is 0.892. The minimum Gasteiger partial charge on any atom is -0.311 e. The first kappa shape index (κ1) is 18.2. The van der Waals surface area contributed by atoms with Gasteiger partial charge in [-0.1, -0.05) is 37.3 Å². The molecule has 0 aliphatic heterocycles. The van der Waals surface area contributed by atoms with Gasteiger partial charge in [0.25, 0.3) is 0 Å². The number of rotatable bonds is 8. The van der Waals surface area contributed by atoms with Gasteiger partial charge in [-0.05, 0) is 45.1 Å². The van der Waals surface area contributed by atoms with E-state index in [-0.39, 0.29) is 11.3 Å². The molecule has 0 aliphatic rings. The average molecular weight is 311 g/mol. The molecule has 0 radical (unpaired) electrons. The van der Waals surface area contributed by atoms with E-state index in [0.29, 0.717) is 11.7 Å². The van der Waals surface area contributed by atoms with Crippen molar-refractivity contribution < 1.29 is 8.42 Å². The first-order chi connectivity index (χ1) is 9.73. The highest BCUT2D eigenvalue weighted by Crippen LogP contribution is 2.21. The summed E-state index contributed by atoms with van der Waals surface area (Å²) in [6.45, 7) is 9.04. The molecule has 1 atom stereocenters. The smallest absolute Gasteiger partial charge is 0.150 e. The Balaban J connectivity index is 2.65. The van der Waals surface area contributed by atoms with Crippen molar-refractivity contribution >= 4 is 9.84 Å². The molecule has 1 aromatic carbocycles. The standard InChI is InChI=1S/C17H29NO2S/c1-5-21(19,20)13-9-12-16(14-18-17(2,3)4)15-10-7-6-8-11-15/h6-8,10-11,16,18H,5,9,12-14H2,1-4H3. The molecule has 4 heteroatoms. The summed E-state index contributed by atoms with van der Waals surface area (Å²) in [6.07, 6.45) is 1.62. The third kappa shape index (κ3) is 7.63. The summed E-state index contributed by atoms with van der Waals surface area (Å²) >= 11 is 0. The van der Waals surface area contributed by atoms with Gasteiger partial charge in [-0.3, -0.25) is 0 Å². The first-order valence-corrected chi connectivity index (χ1v) is 9.56. The Morgan fingerprint density at radius 1 is 1.14 bits per heavy atom. The molecule has 0 saturated heterocycles. The van der Waals surface area contributed by atoms with E-state index in [1.807, 2.05) is 18.2 Å². The highest BCUT2D eigenvalue weighted by molar-refractivity contribution is 7.91. The first-order valence-electron chi connectivity index (χ1n) is 7.74. The Hall–Kier alpha value is -0.870. The summed E-state index contributed by atoms with van der Waals surface area (Å²) in [4.78, 5) is 0. The van der Waals surface area contributed by atoms with Crippen LogP contribution in [0.2, 0.25) is 0 Å². The van der Waals surface area contributed by atoms with Gasteiger partial charge in [0.2, 0.25) is 0 Å². The van der Waals surface area contributed by atoms with E-state index < -0.39 is 9.84 Å². The lowest BCUT2D eigenvalue weighted by atomic mass is 9.93. The lowest BCUT2D eigenvalue weighted by Crippen LogP contribution is -2.38. The van der Waals surface area contributed by atoms with Crippen molar-refractivity contribution in [1.29, 1.82) is 0 Å². The SMILES string of the molecule is CCS(=O)(=O)CCCC(CNC(C)(C)C)c1ccccc1. The van der Waals surface area contributed by atoms with E-state index in [2.05, 4.69) is 38.2 Å². The second-order valence-corrected chi connectivity index (χ2v) is 9.09. The Bertz CT molecular complexity index is 503. The molecule has 0 saturated carbocycles. The maximum absolute atomic E-state index is 11.6. The zero-order valence-electron chi connectivity index (χ0n) is 13.7. The molecule has 0 aromatic heterocycles. The predicted octanol–water partition coefficient (Wildman–Crippen LogP) is 3.37. The van der Waals surface area contributed by atoms with E-state index in [4.69, 9.17) is 0 Å². The topological polar surface area (TPSA) is 46.2 Å². The van der Waals surface area contributed by atoms with Crippen LogP contribution >= 0.6 is 0 Å². The molecule has 1 aromatic rings. The molecule has 0 bridgehead atoms. The zero-order valence-corrected chi connectivity index (χ0v) is 14.5. The predicted molar refractivity (Wildman–Crippen MR) is 90.5 cm³/mol. The van der Waals surface area contributed by atoms with Crippen molar-refractivity contribution in [2.24, 2.45) is 0 Å². The molecule has 3 nitrogen and oxygen atoms in total. The summed E-state index contributed by atoms with van der Waals surface area (Å²) < 4.78 is 23.2. The minimum absolute atomic E-state index is 0.0719. The largest absolute Gasteiger partial charge is 0.311 e. The van der Waals surface area contributed by atoms with Crippen LogP contribution in [0.25, 0.3) is 0 Å². The van der Waals surface area contributed by atoms with Crippen LogP contribution in [0, 0.1) is 0 Å². The maximum Gasteiger partial charge on any atom is 0.150 e. The van der Waals surface area contributed by atoms with Crippen LogP contribution in [-0.4, -0.2) is 32.0 Å². The fourth-order valence-corrected chi connectivity index (χ4v) is 3.13. The van der Waals surface area contributed by atoms with Crippen LogP contribution in [0.5, 0.6) is 0 Å². The van der Waals surface area contributed by atoms with Crippen molar-refractivity contribution in [2.45, 2.75) is 52.0 Å². The van der Waals surface area contributed by atoms with Gasteiger partial charge in [0.05, 0.1) is 5.75 Å². The normalized spacial score (nSPS) is 14.1. The van der Waals surface area contributed by atoms with Gasteiger partial charge in [-0.25, -0.2) is 8.42 Å². The minimum atomic E-state index is -2.86. The Morgan fingerprint density at radius 2 is 1.76 bits per heavy atom. The third-order valence-electron chi connectivity index (χ3n) is 3.60. The second kappa shape index (κ2) is 7.95. The maximum atomic E-state index is 11.6. The van der Waals surface area contributed by atoms with Crippen molar-refractivity contribution in [3.63, 3.8) is 0 Å². The highest BCUT2D eigenvalue weighted by atomic mass is 32.2.